The number of ether oxygens (including phenoxy) is 1. The van der Waals surface area contributed by atoms with Gasteiger partial charge < -0.3 is 10.1 Å². The lowest BCUT2D eigenvalue weighted by molar-refractivity contribution is 0.315. The Labute approximate surface area is 98.0 Å². The summed E-state index contributed by atoms with van der Waals surface area (Å²) in [6.45, 7) is 5.30. The van der Waals surface area contributed by atoms with E-state index < -0.39 is 0 Å². The van der Waals surface area contributed by atoms with E-state index in [4.69, 9.17) is 4.74 Å². The highest BCUT2D eigenvalue weighted by molar-refractivity contribution is 5.41. The predicted molar refractivity (Wildman–Crippen MR) is 67.1 cm³/mol. The fourth-order valence-electron chi connectivity index (χ4n) is 2.25. The number of hydrogen-bond donors (Lipinski definition) is 1. The highest BCUT2D eigenvalue weighted by Gasteiger charge is 2.18. The molecule has 1 aliphatic rings. The topological polar surface area (TPSA) is 21.3 Å². The molecule has 1 aromatic rings. The number of benzene rings is 1. The van der Waals surface area contributed by atoms with Crippen molar-refractivity contribution in [1.29, 1.82) is 0 Å². The van der Waals surface area contributed by atoms with Crippen LogP contribution in [0.25, 0.3) is 0 Å². The van der Waals surface area contributed by atoms with Crippen LogP contribution >= 0.6 is 0 Å². The van der Waals surface area contributed by atoms with Gasteiger partial charge in [0.25, 0.3) is 0 Å². The minimum atomic E-state index is 0.441. The van der Waals surface area contributed by atoms with E-state index in [-0.39, 0.29) is 0 Å². The molecule has 0 bridgehead atoms. The second-order valence-electron chi connectivity index (χ2n) is 4.78. The zero-order chi connectivity index (χ0) is 11.5. The maximum atomic E-state index is 5.78. The Morgan fingerprint density at radius 2 is 2.19 bits per heavy atom. The van der Waals surface area contributed by atoms with Gasteiger partial charge in [-0.2, -0.15) is 0 Å². The van der Waals surface area contributed by atoms with Crippen LogP contribution in [0.5, 0.6) is 5.75 Å². The van der Waals surface area contributed by atoms with Crippen molar-refractivity contribution in [3.8, 4) is 5.75 Å². The first-order valence-corrected chi connectivity index (χ1v) is 6.16. The van der Waals surface area contributed by atoms with Crippen LogP contribution in [0.3, 0.4) is 0 Å². The Balaban J connectivity index is 2.39. The van der Waals surface area contributed by atoms with Crippen molar-refractivity contribution in [2.45, 2.75) is 38.6 Å². The van der Waals surface area contributed by atoms with Crippen LogP contribution in [-0.4, -0.2) is 13.7 Å². The largest absolute Gasteiger partial charge is 0.493 e. The van der Waals surface area contributed by atoms with Crippen molar-refractivity contribution in [2.75, 3.05) is 13.7 Å². The monoisotopic (exact) mass is 219 g/mol. The van der Waals surface area contributed by atoms with Crippen molar-refractivity contribution < 1.29 is 4.74 Å². The molecule has 16 heavy (non-hydrogen) atoms. The second-order valence-corrected chi connectivity index (χ2v) is 4.78. The maximum Gasteiger partial charge on any atom is 0.124 e. The molecule has 2 heteroatoms. The van der Waals surface area contributed by atoms with Crippen LogP contribution in [0.15, 0.2) is 18.2 Å². The first kappa shape index (κ1) is 11.5. The van der Waals surface area contributed by atoms with E-state index in [1.165, 1.54) is 11.1 Å². The Morgan fingerprint density at radius 3 is 2.88 bits per heavy atom. The molecule has 0 saturated heterocycles. The zero-order valence-electron chi connectivity index (χ0n) is 10.4. The van der Waals surface area contributed by atoms with E-state index in [9.17, 15) is 0 Å². The lowest BCUT2D eigenvalue weighted by Crippen LogP contribution is -2.15. The van der Waals surface area contributed by atoms with Gasteiger partial charge >= 0.3 is 0 Å². The summed E-state index contributed by atoms with van der Waals surface area (Å²) in [4.78, 5) is 0. The highest BCUT2D eigenvalue weighted by Crippen LogP contribution is 2.33. The fourth-order valence-corrected chi connectivity index (χ4v) is 2.25. The van der Waals surface area contributed by atoms with E-state index >= 15 is 0 Å². The summed E-state index contributed by atoms with van der Waals surface area (Å²) in [5.74, 6) is 1.63. The van der Waals surface area contributed by atoms with E-state index in [2.05, 4.69) is 37.4 Å². The molecular formula is C14H21NO. The van der Waals surface area contributed by atoms with Gasteiger partial charge in [-0.25, -0.2) is 0 Å². The Bertz CT molecular complexity index is 360. The molecule has 1 heterocycles. The molecule has 0 spiro atoms. The van der Waals surface area contributed by atoms with Crippen molar-refractivity contribution in [1.82, 2.24) is 5.32 Å². The van der Waals surface area contributed by atoms with Gasteiger partial charge in [0.1, 0.15) is 5.75 Å². The highest BCUT2D eigenvalue weighted by atomic mass is 16.5. The predicted octanol–water partition coefficient (Wildman–Crippen LogP) is 3.24. The van der Waals surface area contributed by atoms with Crippen LogP contribution in [0.4, 0.5) is 0 Å². The Kier molecular flexibility index (Phi) is 3.49. The molecule has 0 saturated carbocycles. The van der Waals surface area contributed by atoms with E-state index in [1.807, 2.05) is 7.05 Å². The molecule has 1 aliphatic heterocycles. The van der Waals surface area contributed by atoms with Crippen LogP contribution in [0.2, 0.25) is 0 Å². The van der Waals surface area contributed by atoms with E-state index in [1.54, 1.807) is 0 Å². The lowest BCUT2D eigenvalue weighted by atomic mass is 9.95. The minimum Gasteiger partial charge on any atom is -0.493 e. The van der Waals surface area contributed by atoms with Crippen LogP contribution in [0.1, 0.15) is 49.8 Å². The summed E-state index contributed by atoms with van der Waals surface area (Å²) in [7, 11) is 2.03. The molecule has 1 atom stereocenters. The van der Waals surface area contributed by atoms with Crippen molar-refractivity contribution >= 4 is 0 Å². The van der Waals surface area contributed by atoms with Crippen molar-refractivity contribution in [3.63, 3.8) is 0 Å². The van der Waals surface area contributed by atoms with Gasteiger partial charge in [0, 0.05) is 11.6 Å². The summed E-state index contributed by atoms with van der Waals surface area (Å²) in [5.41, 5.74) is 2.72. The van der Waals surface area contributed by atoms with Gasteiger partial charge in [-0.1, -0.05) is 26.0 Å². The average molecular weight is 219 g/mol. The van der Waals surface area contributed by atoms with Crippen LogP contribution in [-0.2, 0) is 0 Å². The summed E-state index contributed by atoms with van der Waals surface area (Å²) in [6, 6.07) is 7.05. The van der Waals surface area contributed by atoms with Crippen LogP contribution < -0.4 is 10.1 Å². The number of hydrogen-bond acceptors (Lipinski definition) is 2. The first-order valence-electron chi connectivity index (χ1n) is 6.16. The van der Waals surface area contributed by atoms with Gasteiger partial charge in [-0.3, -0.25) is 0 Å². The molecule has 1 N–H and O–H groups in total. The van der Waals surface area contributed by atoms with Gasteiger partial charge in [0.2, 0.25) is 0 Å². The standard InChI is InChI=1S/C14H21NO/c1-10(2)11-6-7-14-12(9-11)13(15-3)5-4-8-16-14/h6-7,9-10,13,15H,4-5,8H2,1-3H3. The Hall–Kier alpha value is -1.02. The molecule has 0 fully saturated rings. The van der Waals surface area contributed by atoms with Crippen LogP contribution in [0, 0.1) is 0 Å². The third-order valence-corrected chi connectivity index (χ3v) is 3.32. The minimum absolute atomic E-state index is 0.441. The van der Waals surface area contributed by atoms with Gasteiger partial charge in [-0.05, 0) is 37.4 Å². The number of nitrogens with one attached hydrogen (secondary N) is 1. The van der Waals surface area contributed by atoms with Gasteiger partial charge in [0.05, 0.1) is 6.61 Å². The third kappa shape index (κ3) is 2.22. The SMILES string of the molecule is CNC1CCCOc2ccc(C(C)C)cc21. The molecule has 0 radical (unpaired) electrons. The smallest absolute Gasteiger partial charge is 0.124 e. The molecule has 0 aromatic heterocycles. The molecule has 1 aromatic carbocycles. The van der Waals surface area contributed by atoms with Crippen molar-refractivity contribution in [3.05, 3.63) is 29.3 Å². The molecule has 0 aliphatic carbocycles. The number of rotatable bonds is 2. The van der Waals surface area contributed by atoms with E-state index in [0.717, 1.165) is 25.2 Å². The fraction of sp³-hybridized carbons (Fsp3) is 0.571. The summed E-state index contributed by atoms with van der Waals surface area (Å²) < 4.78 is 5.78. The zero-order valence-corrected chi connectivity index (χ0v) is 10.4. The van der Waals surface area contributed by atoms with Crippen molar-refractivity contribution in [2.24, 2.45) is 0 Å². The average Bonchev–Trinajstić information content (AvgIpc) is 2.49. The molecule has 2 rings (SSSR count). The Morgan fingerprint density at radius 1 is 1.38 bits per heavy atom. The van der Waals surface area contributed by atoms with E-state index in [0.29, 0.717) is 12.0 Å². The summed E-state index contributed by atoms with van der Waals surface area (Å²) in [5, 5.41) is 3.39. The third-order valence-electron chi connectivity index (χ3n) is 3.32. The summed E-state index contributed by atoms with van der Waals surface area (Å²) in [6.07, 6.45) is 2.28. The quantitative estimate of drug-likeness (QED) is 0.824. The molecule has 88 valence electrons. The normalized spacial score (nSPS) is 20.1. The lowest BCUT2D eigenvalue weighted by Gasteiger charge is -2.18. The summed E-state index contributed by atoms with van der Waals surface area (Å²) >= 11 is 0. The maximum absolute atomic E-state index is 5.78. The number of fused-ring (bicyclic) bond motifs is 1. The molecule has 2 nitrogen and oxygen atoms in total. The first-order chi connectivity index (χ1) is 7.72. The van der Waals surface area contributed by atoms with Gasteiger partial charge in [0.15, 0.2) is 0 Å². The second kappa shape index (κ2) is 4.88. The molecular weight excluding hydrogens is 198 g/mol. The van der Waals surface area contributed by atoms with Gasteiger partial charge in [-0.15, -0.1) is 0 Å². The molecule has 0 amide bonds. The molecule has 1 unspecified atom stereocenters.